The van der Waals surface area contributed by atoms with Crippen LogP contribution in [0.1, 0.15) is 5.56 Å². The lowest BCUT2D eigenvalue weighted by molar-refractivity contribution is -0.115. The third-order valence-electron chi connectivity index (χ3n) is 2.64. The number of rotatable bonds is 3. The quantitative estimate of drug-likeness (QED) is 0.588. The van der Waals surface area contributed by atoms with Crippen LogP contribution in [0, 0.1) is 0 Å². The second-order valence-electron chi connectivity index (χ2n) is 4.32. The van der Waals surface area contributed by atoms with Gasteiger partial charge in [0.15, 0.2) is 5.11 Å². The molecular formula is C16H12BrClN2OS. The maximum atomic E-state index is 11.8. The first-order valence-electron chi connectivity index (χ1n) is 6.35. The van der Waals surface area contributed by atoms with Crippen molar-refractivity contribution in [3.63, 3.8) is 0 Å². The van der Waals surface area contributed by atoms with Gasteiger partial charge in [0, 0.05) is 16.2 Å². The number of hydrogen-bond acceptors (Lipinski definition) is 2. The third-order valence-corrected chi connectivity index (χ3v) is 4.08. The second-order valence-corrected chi connectivity index (χ2v) is 5.99. The Labute approximate surface area is 147 Å². The number of carbonyl (C=O) groups excluding carboxylic acids is 1. The minimum atomic E-state index is -0.301. The first-order valence-corrected chi connectivity index (χ1v) is 7.92. The van der Waals surface area contributed by atoms with Crippen LogP contribution in [0.4, 0.5) is 5.69 Å². The van der Waals surface area contributed by atoms with Crippen LogP contribution in [0.5, 0.6) is 0 Å². The van der Waals surface area contributed by atoms with Crippen LogP contribution in [0.25, 0.3) is 6.08 Å². The van der Waals surface area contributed by atoms with Gasteiger partial charge in [0.05, 0.1) is 5.02 Å². The Hall–Kier alpha value is -1.69. The molecule has 6 heteroatoms. The molecule has 1 amide bonds. The van der Waals surface area contributed by atoms with E-state index in [-0.39, 0.29) is 11.0 Å². The molecule has 2 N–H and O–H groups in total. The number of benzene rings is 2. The summed E-state index contributed by atoms with van der Waals surface area (Å²) < 4.78 is 0.792. The molecule has 0 aromatic heterocycles. The summed E-state index contributed by atoms with van der Waals surface area (Å²) in [5, 5.41) is 6.24. The summed E-state index contributed by atoms with van der Waals surface area (Å²) in [5.74, 6) is -0.301. The predicted molar refractivity (Wildman–Crippen MR) is 99.0 cm³/mol. The molecule has 0 heterocycles. The largest absolute Gasteiger partial charge is 0.332 e. The Kier molecular flexibility index (Phi) is 6.12. The summed E-state index contributed by atoms with van der Waals surface area (Å²) in [6.07, 6.45) is 3.15. The number of thiocarbonyl (C=S) groups is 1. The van der Waals surface area contributed by atoms with E-state index in [4.69, 9.17) is 23.8 Å². The van der Waals surface area contributed by atoms with Crippen molar-refractivity contribution in [2.45, 2.75) is 0 Å². The number of nitrogens with one attached hydrogen (secondary N) is 2. The van der Waals surface area contributed by atoms with Crippen LogP contribution in [0.15, 0.2) is 59.1 Å². The van der Waals surface area contributed by atoms with Crippen LogP contribution in [0.2, 0.25) is 5.02 Å². The molecule has 0 fully saturated rings. The molecule has 0 radical (unpaired) electrons. The van der Waals surface area contributed by atoms with Crippen LogP contribution in [0.3, 0.4) is 0 Å². The molecule has 0 unspecified atom stereocenters. The Morgan fingerprint density at radius 2 is 1.91 bits per heavy atom. The van der Waals surface area contributed by atoms with E-state index in [9.17, 15) is 4.79 Å². The van der Waals surface area contributed by atoms with Gasteiger partial charge in [-0.25, -0.2) is 0 Å². The van der Waals surface area contributed by atoms with E-state index in [1.807, 2.05) is 30.3 Å². The summed E-state index contributed by atoms with van der Waals surface area (Å²) in [4.78, 5) is 11.8. The fourth-order valence-corrected chi connectivity index (χ4v) is 2.27. The van der Waals surface area contributed by atoms with Crippen LogP contribution in [-0.2, 0) is 4.79 Å². The SMILES string of the molecule is O=C(C=Cc1ccccc1)NC(=S)Nc1ccc(Br)c(Cl)c1. The minimum Gasteiger partial charge on any atom is -0.332 e. The average Bonchev–Trinajstić information content (AvgIpc) is 2.50. The van der Waals surface area contributed by atoms with E-state index in [1.54, 1.807) is 24.3 Å². The Morgan fingerprint density at radius 1 is 1.18 bits per heavy atom. The number of carbonyl (C=O) groups is 1. The fourth-order valence-electron chi connectivity index (χ4n) is 1.63. The molecule has 0 saturated carbocycles. The molecule has 2 aromatic rings. The van der Waals surface area contributed by atoms with Crippen molar-refractivity contribution in [2.24, 2.45) is 0 Å². The topological polar surface area (TPSA) is 41.1 Å². The van der Waals surface area contributed by atoms with Gasteiger partial charge in [0.1, 0.15) is 0 Å². The van der Waals surface area contributed by atoms with Crippen molar-refractivity contribution in [3.05, 3.63) is 69.7 Å². The number of anilines is 1. The molecule has 0 aliphatic carbocycles. The highest BCUT2D eigenvalue weighted by molar-refractivity contribution is 9.10. The molecule has 3 nitrogen and oxygen atoms in total. The second kappa shape index (κ2) is 8.08. The third kappa shape index (κ3) is 5.26. The smallest absolute Gasteiger partial charge is 0.250 e. The lowest BCUT2D eigenvalue weighted by Gasteiger charge is -2.08. The molecular weight excluding hydrogens is 384 g/mol. The summed E-state index contributed by atoms with van der Waals surface area (Å²) in [5.41, 5.74) is 1.64. The van der Waals surface area contributed by atoms with Crippen LogP contribution >= 0.6 is 39.7 Å². The zero-order valence-corrected chi connectivity index (χ0v) is 14.5. The highest BCUT2D eigenvalue weighted by Crippen LogP contribution is 2.25. The Balaban J connectivity index is 1.90. The van der Waals surface area contributed by atoms with Gasteiger partial charge >= 0.3 is 0 Å². The van der Waals surface area contributed by atoms with Crippen molar-refractivity contribution in [2.75, 3.05) is 5.32 Å². The lowest BCUT2D eigenvalue weighted by atomic mass is 10.2. The van der Waals surface area contributed by atoms with E-state index in [2.05, 4.69) is 26.6 Å². The van der Waals surface area contributed by atoms with Crippen LogP contribution in [-0.4, -0.2) is 11.0 Å². The van der Waals surface area contributed by atoms with Gasteiger partial charge in [-0.3, -0.25) is 10.1 Å². The van der Waals surface area contributed by atoms with E-state index in [0.717, 1.165) is 10.0 Å². The zero-order chi connectivity index (χ0) is 15.9. The van der Waals surface area contributed by atoms with Gasteiger partial charge in [-0.15, -0.1) is 0 Å². The van der Waals surface area contributed by atoms with Crippen molar-refractivity contribution in [3.8, 4) is 0 Å². The number of halogens is 2. The lowest BCUT2D eigenvalue weighted by Crippen LogP contribution is -2.32. The predicted octanol–water partition coefficient (Wildman–Crippen LogP) is 4.63. The summed E-state index contributed by atoms with van der Waals surface area (Å²) in [7, 11) is 0. The van der Waals surface area contributed by atoms with E-state index in [0.29, 0.717) is 10.7 Å². The van der Waals surface area contributed by atoms with Crippen molar-refractivity contribution >= 4 is 62.5 Å². The number of hydrogen-bond donors (Lipinski definition) is 2. The fraction of sp³-hybridized carbons (Fsp3) is 0. The van der Waals surface area contributed by atoms with Crippen molar-refractivity contribution in [1.29, 1.82) is 0 Å². The standard InChI is InChI=1S/C16H12BrClN2OS/c17-13-8-7-12(10-14(13)18)19-16(22)20-15(21)9-6-11-4-2-1-3-5-11/h1-10H,(H2,19,20,21,22). The summed E-state index contributed by atoms with van der Waals surface area (Å²) in [6.45, 7) is 0. The van der Waals surface area contributed by atoms with Gasteiger partial charge in [-0.05, 0) is 58.0 Å². The van der Waals surface area contributed by atoms with Gasteiger partial charge in [-0.2, -0.15) is 0 Å². The normalized spacial score (nSPS) is 10.5. The molecule has 0 aliphatic heterocycles. The molecule has 112 valence electrons. The molecule has 2 aromatic carbocycles. The molecule has 0 aliphatic rings. The maximum absolute atomic E-state index is 11.8. The van der Waals surface area contributed by atoms with Gasteiger partial charge in [-0.1, -0.05) is 41.9 Å². The van der Waals surface area contributed by atoms with Crippen LogP contribution < -0.4 is 10.6 Å². The van der Waals surface area contributed by atoms with E-state index >= 15 is 0 Å². The van der Waals surface area contributed by atoms with E-state index < -0.39 is 0 Å². The molecule has 0 atom stereocenters. The monoisotopic (exact) mass is 394 g/mol. The molecule has 0 saturated heterocycles. The highest BCUT2D eigenvalue weighted by atomic mass is 79.9. The van der Waals surface area contributed by atoms with E-state index in [1.165, 1.54) is 6.08 Å². The van der Waals surface area contributed by atoms with Gasteiger partial charge in [0.25, 0.3) is 0 Å². The summed E-state index contributed by atoms with van der Waals surface area (Å²) >= 11 is 14.4. The zero-order valence-electron chi connectivity index (χ0n) is 11.3. The first-order chi connectivity index (χ1) is 10.5. The molecule has 2 rings (SSSR count). The average molecular weight is 396 g/mol. The Morgan fingerprint density at radius 3 is 2.59 bits per heavy atom. The molecule has 0 spiro atoms. The number of amides is 1. The molecule has 0 bridgehead atoms. The van der Waals surface area contributed by atoms with Crippen molar-refractivity contribution < 1.29 is 4.79 Å². The van der Waals surface area contributed by atoms with Gasteiger partial charge < -0.3 is 5.32 Å². The highest BCUT2D eigenvalue weighted by Gasteiger charge is 2.03. The molecule has 22 heavy (non-hydrogen) atoms. The van der Waals surface area contributed by atoms with Crippen molar-refractivity contribution in [1.82, 2.24) is 5.32 Å². The first kappa shape index (κ1) is 16.7. The Bertz CT molecular complexity index is 719. The van der Waals surface area contributed by atoms with Gasteiger partial charge in [0.2, 0.25) is 5.91 Å². The summed E-state index contributed by atoms with van der Waals surface area (Å²) in [6, 6.07) is 14.8. The minimum absolute atomic E-state index is 0.209. The maximum Gasteiger partial charge on any atom is 0.250 e.